The predicted octanol–water partition coefficient (Wildman–Crippen LogP) is 4.64. The molecule has 0 radical (unpaired) electrons. The van der Waals surface area contributed by atoms with Crippen LogP contribution in [-0.2, 0) is 6.42 Å². The van der Waals surface area contributed by atoms with Crippen molar-refractivity contribution < 1.29 is 0 Å². The van der Waals surface area contributed by atoms with Gasteiger partial charge in [0.2, 0.25) is 0 Å². The lowest BCUT2D eigenvalue weighted by molar-refractivity contribution is 1.18. The van der Waals surface area contributed by atoms with E-state index in [2.05, 4.69) is 31.2 Å². The van der Waals surface area contributed by atoms with Gasteiger partial charge in [-0.1, -0.05) is 37.3 Å². The first kappa shape index (κ1) is 10.7. The molecule has 0 saturated carbocycles. The summed E-state index contributed by atoms with van der Waals surface area (Å²) in [6.07, 6.45) is 1.09. The molecule has 2 rings (SSSR count). The van der Waals surface area contributed by atoms with Crippen molar-refractivity contribution in [1.82, 2.24) is 0 Å². The Morgan fingerprint density at radius 1 is 1.13 bits per heavy atom. The second-order valence-corrected chi connectivity index (χ2v) is 5.07. The van der Waals surface area contributed by atoms with E-state index in [0.717, 1.165) is 6.42 Å². The van der Waals surface area contributed by atoms with E-state index in [1.165, 1.54) is 15.3 Å². The molecule has 1 aromatic carbocycles. The van der Waals surface area contributed by atoms with Gasteiger partial charge in [-0.05, 0) is 24.1 Å². The van der Waals surface area contributed by atoms with Crippen LogP contribution in [0.4, 0.5) is 0 Å². The molecule has 1 aromatic heterocycles. The first-order valence-corrected chi connectivity index (χ1v) is 6.34. The minimum atomic E-state index is -0.00324. The number of thiophene rings is 1. The molecule has 0 saturated heterocycles. The minimum Gasteiger partial charge on any atom is -0.143 e. The van der Waals surface area contributed by atoms with Crippen LogP contribution in [0.3, 0.4) is 0 Å². The van der Waals surface area contributed by atoms with Crippen LogP contribution in [-0.4, -0.2) is 0 Å². The zero-order valence-electron chi connectivity index (χ0n) is 8.61. The van der Waals surface area contributed by atoms with Crippen molar-refractivity contribution in [2.24, 2.45) is 0 Å². The number of alkyl halides is 1. The molecular weight excluding hydrogens is 224 g/mol. The Bertz CT molecular complexity index is 419. The van der Waals surface area contributed by atoms with E-state index in [0.29, 0.717) is 0 Å². The second-order valence-electron chi connectivity index (χ2n) is 3.43. The molecule has 0 aliphatic carbocycles. The average Bonchev–Trinajstić information content (AvgIpc) is 2.78. The van der Waals surface area contributed by atoms with Crippen LogP contribution in [0.5, 0.6) is 0 Å². The molecule has 2 aromatic rings. The van der Waals surface area contributed by atoms with Gasteiger partial charge in [0.1, 0.15) is 0 Å². The molecule has 0 spiro atoms. The predicted molar refractivity (Wildman–Crippen MR) is 67.8 cm³/mol. The maximum Gasteiger partial charge on any atom is 0.0927 e. The van der Waals surface area contributed by atoms with E-state index in [1.54, 1.807) is 11.3 Å². The molecule has 0 nitrogen and oxygen atoms in total. The van der Waals surface area contributed by atoms with Crippen molar-refractivity contribution in [1.29, 1.82) is 0 Å². The van der Waals surface area contributed by atoms with Gasteiger partial charge < -0.3 is 0 Å². The highest BCUT2D eigenvalue weighted by Gasteiger charge is 2.12. The Morgan fingerprint density at radius 3 is 2.47 bits per heavy atom. The van der Waals surface area contributed by atoms with Crippen LogP contribution in [0.1, 0.15) is 27.6 Å². The Morgan fingerprint density at radius 2 is 1.87 bits per heavy atom. The number of halogens is 1. The average molecular weight is 237 g/mol. The number of hydrogen-bond donors (Lipinski definition) is 0. The third-order valence-corrected chi connectivity index (χ3v) is 4.28. The van der Waals surface area contributed by atoms with Crippen LogP contribution >= 0.6 is 22.9 Å². The molecule has 0 aliphatic rings. The van der Waals surface area contributed by atoms with Crippen LogP contribution in [0.25, 0.3) is 0 Å². The fraction of sp³-hybridized carbons (Fsp3) is 0.231. The summed E-state index contributed by atoms with van der Waals surface area (Å²) < 4.78 is 0. The second kappa shape index (κ2) is 4.82. The van der Waals surface area contributed by atoms with Gasteiger partial charge in [0.25, 0.3) is 0 Å². The lowest BCUT2D eigenvalue weighted by atomic mass is 10.1. The molecule has 1 heterocycles. The minimum absolute atomic E-state index is 0.00324. The van der Waals surface area contributed by atoms with Crippen LogP contribution in [0.15, 0.2) is 42.5 Å². The lowest BCUT2D eigenvalue weighted by Crippen LogP contribution is -1.88. The Kier molecular flexibility index (Phi) is 3.45. The fourth-order valence-electron chi connectivity index (χ4n) is 1.51. The highest BCUT2D eigenvalue weighted by molar-refractivity contribution is 7.12. The summed E-state index contributed by atoms with van der Waals surface area (Å²) in [7, 11) is 0. The van der Waals surface area contributed by atoms with Crippen molar-refractivity contribution in [2.75, 3.05) is 0 Å². The third kappa shape index (κ3) is 2.42. The summed E-state index contributed by atoms with van der Waals surface area (Å²) in [5.74, 6) is 0. The van der Waals surface area contributed by atoms with Crippen molar-refractivity contribution >= 4 is 22.9 Å². The van der Waals surface area contributed by atoms with E-state index >= 15 is 0 Å². The Hall–Kier alpha value is -0.790. The highest BCUT2D eigenvalue weighted by atomic mass is 35.5. The standard InChI is InChI=1S/C13H13ClS/c1-2-11-8-9-12(15-11)13(14)10-6-4-3-5-7-10/h3-9,13H,2H2,1H3. The van der Waals surface area contributed by atoms with Crippen molar-refractivity contribution in [2.45, 2.75) is 18.7 Å². The quantitative estimate of drug-likeness (QED) is 0.682. The highest BCUT2D eigenvalue weighted by Crippen LogP contribution is 2.33. The van der Waals surface area contributed by atoms with Gasteiger partial charge in [-0.2, -0.15) is 0 Å². The van der Waals surface area contributed by atoms with Crippen molar-refractivity contribution in [3.8, 4) is 0 Å². The summed E-state index contributed by atoms with van der Waals surface area (Å²) in [5.41, 5.74) is 1.17. The SMILES string of the molecule is CCc1ccc(C(Cl)c2ccccc2)s1. The zero-order chi connectivity index (χ0) is 10.7. The Balaban J connectivity index is 2.24. The molecule has 1 unspecified atom stereocenters. The van der Waals surface area contributed by atoms with E-state index < -0.39 is 0 Å². The zero-order valence-corrected chi connectivity index (χ0v) is 10.2. The van der Waals surface area contributed by atoms with Gasteiger partial charge in [-0.25, -0.2) is 0 Å². The van der Waals surface area contributed by atoms with Gasteiger partial charge in [0, 0.05) is 9.75 Å². The Labute approximate surface area is 99.5 Å². The maximum atomic E-state index is 6.41. The molecule has 0 N–H and O–H groups in total. The summed E-state index contributed by atoms with van der Waals surface area (Å²) in [4.78, 5) is 2.63. The first-order valence-electron chi connectivity index (χ1n) is 5.09. The summed E-state index contributed by atoms with van der Waals surface area (Å²) in [5, 5.41) is -0.00324. The molecule has 0 fully saturated rings. The first-order chi connectivity index (χ1) is 7.31. The van der Waals surface area contributed by atoms with Crippen LogP contribution in [0, 0.1) is 0 Å². The van der Waals surface area contributed by atoms with E-state index in [1.807, 2.05) is 18.2 Å². The number of rotatable bonds is 3. The van der Waals surface area contributed by atoms with Gasteiger partial charge in [-0.3, -0.25) is 0 Å². The summed E-state index contributed by atoms with van der Waals surface area (Å²) in [6, 6.07) is 14.5. The topological polar surface area (TPSA) is 0 Å². The molecule has 0 aliphatic heterocycles. The molecule has 78 valence electrons. The maximum absolute atomic E-state index is 6.41. The summed E-state index contributed by atoms with van der Waals surface area (Å²) in [6.45, 7) is 2.17. The van der Waals surface area contributed by atoms with Crippen LogP contribution in [0.2, 0.25) is 0 Å². The molecular formula is C13H13ClS. The number of aryl methyl sites for hydroxylation is 1. The smallest absolute Gasteiger partial charge is 0.0927 e. The van der Waals surface area contributed by atoms with E-state index in [9.17, 15) is 0 Å². The van der Waals surface area contributed by atoms with Crippen molar-refractivity contribution in [3.63, 3.8) is 0 Å². The van der Waals surface area contributed by atoms with Gasteiger partial charge in [-0.15, -0.1) is 22.9 Å². The van der Waals surface area contributed by atoms with Gasteiger partial charge in [0.15, 0.2) is 0 Å². The normalized spacial score (nSPS) is 12.7. The number of hydrogen-bond acceptors (Lipinski definition) is 1. The third-order valence-electron chi connectivity index (χ3n) is 2.37. The molecule has 15 heavy (non-hydrogen) atoms. The number of benzene rings is 1. The molecule has 2 heteroatoms. The molecule has 1 atom stereocenters. The van der Waals surface area contributed by atoms with Gasteiger partial charge in [0.05, 0.1) is 5.38 Å². The summed E-state index contributed by atoms with van der Waals surface area (Å²) >= 11 is 8.22. The van der Waals surface area contributed by atoms with E-state index in [-0.39, 0.29) is 5.38 Å². The van der Waals surface area contributed by atoms with Gasteiger partial charge >= 0.3 is 0 Å². The molecule has 0 amide bonds. The fourth-order valence-corrected chi connectivity index (χ4v) is 2.82. The lowest BCUT2D eigenvalue weighted by Gasteiger charge is -2.06. The molecule has 0 bridgehead atoms. The van der Waals surface area contributed by atoms with Crippen LogP contribution < -0.4 is 0 Å². The monoisotopic (exact) mass is 236 g/mol. The van der Waals surface area contributed by atoms with Crippen molar-refractivity contribution in [3.05, 3.63) is 57.8 Å². The van der Waals surface area contributed by atoms with E-state index in [4.69, 9.17) is 11.6 Å². The largest absolute Gasteiger partial charge is 0.143 e.